The molecule has 2 N–H and O–H groups in total. The zero-order valence-corrected chi connectivity index (χ0v) is 8.00. The Hall–Kier alpha value is -1.84. The Bertz CT molecular complexity index is 385. The molecule has 0 fully saturated rings. The van der Waals surface area contributed by atoms with E-state index >= 15 is 0 Å². The van der Waals surface area contributed by atoms with Crippen LogP contribution >= 0.6 is 0 Å². The van der Waals surface area contributed by atoms with Gasteiger partial charge in [-0.2, -0.15) is 0 Å². The fourth-order valence-electron chi connectivity index (χ4n) is 1.14. The second kappa shape index (κ2) is 3.91. The molecule has 0 spiro atoms. The summed E-state index contributed by atoms with van der Waals surface area (Å²) in [4.78, 5) is 21.9. The number of Topliss-reactive ketones (excluding diaryl/α,β-unsaturated/α-hetero) is 1. The van der Waals surface area contributed by atoms with Gasteiger partial charge in [-0.1, -0.05) is 6.07 Å². The van der Waals surface area contributed by atoms with Crippen LogP contribution in [0.5, 0.6) is 5.75 Å². The lowest BCUT2D eigenvalue weighted by atomic mass is 10.1. The standard InChI is InChI=1S/C10H11NO3/c1-6(12)8-4-3-5-9(14)10(8)11-7(2)13/h3-5,14H,1-2H3,(H,11,13). The van der Waals surface area contributed by atoms with Crippen molar-refractivity contribution in [2.75, 3.05) is 5.32 Å². The molecule has 0 atom stereocenters. The topological polar surface area (TPSA) is 66.4 Å². The van der Waals surface area contributed by atoms with Gasteiger partial charge in [-0.3, -0.25) is 9.59 Å². The van der Waals surface area contributed by atoms with E-state index in [2.05, 4.69) is 5.32 Å². The number of nitrogens with one attached hydrogen (secondary N) is 1. The molecule has 14 heavy (non-hydrogen) atoms. The van der Waals surface area contributed by atoms with E-state index in [1.54, 1.807) is 12.1 Å². The third kappa shape index (κ3) is 2.10. The number of amides is 1. The Kier molecular flexibility index (Phi) is 2.86. The quantitative estimate of drug-likeness (QED) is 0.553. The molecule has 0 radical (unpaired) electrons. The molecule has 0 heterocycles. The number of aromatic hydroxyl groups is 1. The van der Waals surface area contributed by atoms with Crippen molar-refractivity contribution >= 4 is 17.4 Å². The summed E-state index contributed by atoms with van der Waals surface area (Å²) in [6.07, 6.45) is 0. The lowest BCUT2D eigenvalue weighted by molar-refractivity contribution is -0.114. The molecule has 1 rings (SSSR count). The first-order chi connectivity index (χ1) is 6.52. The summed E-state index contributed by atoms with van der Waals surface area (Å²) in [5.74, 6) is -0.633. The van der Waals surface area contributed by atoms with Crippen molar-refractivity contribution in [3.63, 3.8) is 0 Å². The fraction of sp³-hybridized carbons (Fsp3) is 0.200. The highest BCUT2D eigenvalue weighted by atomic mass is 16.3. The Morgan fingerprint density at radius 2 is 1.93 bits per heavy atom. The average molecular weight is 193 g/mol. The van der Waals surface area contributed by atoms with Crippen molar-refractivity contribution in [2.24, 2.45) is 0 Å². The maximum absolute atomic E-state index is 11.1. The number of benzene rings is 1. The van der Waals surface area contributed by atoms with Crippen molar-refractivity contribution < 1.29 is 14.7 Å². The minimum Gasteiger partial charge on any atom is -0.506 e. The maximum Gasteiger partial charge on any atom is 0.221 e. The second-order valence-electron chi connectivity index (χ2n) is 2.94. The monoisotopic (exact) mass is 193 g/mol. The molecule has 1 aromatic rings. The van der Waals surface area contributed by atoms with E-state index in [1.165, 1.54) is 19.9 Å². The highest BCUT2D eigenvalue weighted by Gasteiger charge is 2.11. The number of ketones is 1. The van der Waals surface area contributed by atoms with Gasteiger partial charge in [0, 0.05) is 12.5 Å². The largest absolute Gasteiger partial charge is 0.506 e. The van der Waals surface area contributed by atoms with Crippen molar-refractivity contribution in [3.8, 4) is 5.75 Å². The minimum atomic E-state index is -0.325. The number of rotatable bonds is 2. The van der Waals surface area contributed by atoms with Crippen molar-refractivity contribution in [1.82, 2.24) is 0 Å². The second-order valence-corrected chi connectivity index (χ2v) is 2.94. The van der Waals surface area contributed by atoms with Gasteiger partial charge in [0.2, 0.25) is 5.91 Å². The van der Waals surface area contributed by atoms with E-state index < -0.39 is 0 Å². The van der Waals surface area contributed by atoms with Gasteiger partial charge >= 0.3 is 0 Å². The Balaban J connectivity index is 3.22. The van der Waals surface area contributed by atoms with Gasteiger partial charge in [-0.15, -0.1) is 0 Å². The molecule has 0 unspecified atom stereocenters. The van der Waals surface area contributed by atoms with Crippen LogP contribution in [0.15, 0.2) is 18.2 Å². The lowest BCUT2D eigenvalue weighted by Gasteiger charge is -2.08. The van der Waals surface area contributed by atoms with Gasteiger partial charge in [0.15, 0.2) is 5.78 Å². The number of phenols is 1. The summed E-state index contributed by atoms with van der Waals surface area (Å²) >= 11 is 0. The summed E-state index contributed by atoms with van der Waals surface area (Å²) in [6.45, 7) is 2.69. The smallest absolute Gasteiger partial charge is 0.221 e. The van der Waals surface area contributed by atoms with E-state index in [0.29, 0.717) is 5.56 Å². The van der Waals surface area contributed by atoms with Crippen LogP contribution in [0.25, 0.3) is 0 Å². The zero-order chi connectivity index (χ0) is 10.7. The number of hydrogen-bond acceptors (Lipinski definition) is 3. The summed E-state index contributed by atoms with van der Waals surface area (Å²) in [6, 6.07) is 4.52. The lowest BCUT2D eigenvalue weighted by Crippen LogP contribution is -2.09. The predicted molar refractivity (Wildman–Crippen MR) is 52.4 cm³/mol. The number of para-hydroxylation sites is 1. The first-order valence-electron chi connectivity index (χ1n) is 4.13. The van der Waals surface area contributed by atoms with Gasteiger partial charge in [-0.05, 0) is 19.1 Å². The van der Waals surface area contributed by atoms with Crippen LogP contribution in [0, 0.1) is 0 Å². The first-order valence-corrected chi connectivity index (χ1v) is 4.13. The van der Waals surface area contributed by atoms with Crippen LogP contribution in [0.2, 0.25) is 0 Å². The highest BCUT2D eigenvalue weighted by Crippen LogP contribution is 2.27. The van der Waals surface area contributed by atoms with Gasteiger partial charge in [-0.25, -0.2) is 0 Å². The Morgan fingerprint density at radius 3 is 2.43 bits per heavy atom. The van der Waals surface area contributed by atoms with Gasteiger partial charge in [0.05, 0.1) is 5.69 Å². The fourth-order valence-corrected chi connectivity index (χ4v) is 1.14. The van der Waals surface area contributed by atoms with E-state index in [-0.39, 0.29) is 23.1 Å². The normalized spacial score (nSPS) is 9.57. The van der Waals surface area contributed by atoms with E-state index in [9.17, 15) is 14.7 Å². The van der Waals surface area contributed by atoms with Crippen LogP contribution in [0.4, 0.5) is 5.69 Å². The molecule has 0 aromatic heterocycles. The van der Waals surface area contributed by atoms with Crippen LogP contribution in [-0.2, 0) is 4.79 Å². The molecule has 1 aromatic carbocycles. The minimum absolute atomic E-state index is 0.104. The summed E-state index contributed by atoms with van der Waals surface area (Å²) in [7, 11) is 0. The van der Waals surface area contributed by atoms with E-state index in [4.69, 9.17) is 0 Å². The number of anilines is 1. The molecule has 0 aliphatic rings. The molecule has 0 bridgehead atoms. The predicted octanol–water partition coefficient (Wildman–Crippen LogP) is 1.55. The highest BCUT2D eigenvalue weighted by molar-refractivity contribution is 6.04. The van der Waals surface area contributed by atoms with Gasteiger partial charge < -0.3 is 10.4 Å². The third-order valence-corrected chi connectivity index (χ3v) is 1.72. The van der Waals surface area contributed by atoms with Crippen molar-refractivity contribution in [1.29, 1.82) is 0 Å². The molecule has 0 saturated heterocycles. The van der Waals surface area contributed by atoms with Crippen LogP contribution < -0.4 is 5.32 Å². The van der Waals surface area contributed by atoms with Crippen molar-refractivity contribution in [2.45, 2.75) is 13.8 Å². The molecule has 4 nitrogen and oxygen atoms in total. The van der Waals surface area contributed by atoms with Gasteiger partial charge in [0.1, 0.15) is 5.75 Å². The van der Waals surface area contributed by atoms with Crippen LogP contribution in [-0.4, -0.2) is 16.8 Å². The number of phenolic OH excluding ortho intramolecular Hbond substituents is 1. The molecule has 74 valence electrons. The number of hydrogen-bond donors (Lipinski definition) is 2. The van der Waals surface area contributed by atoms with Crippen LogP contribution in [0.1, 0.15) is 24.2 Å². The molecular formula is C10H11NO3. The zero-order valence-electron chi connectivity index (χ0n) is 8.00. The molecule has 1 amide bonds. The third-order valence-electron chi connectivity index (χ3n) is 1.72. The van der Waals surface area contributed by atoms with Gasteiger partial charge in [0.25, 0.3) is 0 Å². The summed E-state index contributed by atoms with van der Waals surface area (Å²) in [5.41, 5.74) is 0.479. The number of carbonyl (C=O) groups excluding carboxylic acids is 2. The van der Waals surface area contributed by atoms with E-state index in [0.717, 1.165) is 0 Å². The molecular weight excluding hydrogens is 182 g/mol. The molecule has 0 aliphatic carbocycles. The summed E-state index contributed by atoms with van der Waals surface area (Å²) in [5, 5.41) is 11.8. The summed E-state index contributed by atoms with van der Waals surface area (Å²) < 4.78 is 0. The average Bonchev–Trinajstić information content (AvgIpc) is 2.07. The van der Waals surface area contributed by atoms with Crippen molar-refractivity contribution in [3.05, 3.63) is 23.8 Å². The van der Waals surface area contributed by atoms with E-state index in [1.807, 2.05) is 0 Å². The van der Waals surface area contributed by atoms with Crippen LogP contribution in [0.3, 0.4) is 0 Å². The molecule has 0 aliphatic heterocycles. The molecule has 0 saturated carbocycles. The Morgan fingerprint density at radius 1 is 1.29 bits per heavy atom. The number of carbonyl (C=O) groups is 2. The SMILES string of the molecule is CC(=O)Nc1c(O)cccc1C(C)=O. The first kappa shape index (κ1) is 10.2. The Labute approximate surface area is 81.6 Å². The molecule has 4 heteroatoms. The maximum atomic E-state index is 11.1.